The molecule has 0 unspecified atom stereocenters. The van der Waals surface area contributed by atoms with Gasteiger partial charge < -0.3 is 18.9 Å². The van der Waals surface area contributed by atoms with E-state index < -0.39 is 10.9 Å². The predicted molar refractivity (Wildman–Crippen MR) is 100 cm³/mol. The molecular weight excluding hydrogens is 374 g/mol. The molecule has 0 radical (unpaired) electrons. The van der Waals surface area contributed by atoms with Gasteiger partial charge in [-0.3, -0.25) is 10.1 Å². The Balaban J connectivity index is 2.20. The molecule has 0 saturated carbocycles. The molecule has 0 heterocycles. The Bertz CT molecular complexity index is 829. The second-order valence-corrected chi connectivity index (χ2v) is 6.10. The van der Waals surface area contributed by atoms with Crippen molar-refractivity contribution in [2.75, 3.05) is 27.6 Å². The fourth-order valence-electron chi connectivity index (χ4n) is 2.41. The molecule has 0 bridgehead atoms. The zero-order chi connectivity index (χ0) is 20.0. The number of carbonyl (C=O) groups excluding carboxylic acids is 1. The Morgan fingerprint density at radius 3 is 2.19 bits per heavy atom. The highest BCUT2D eigenvalue weighted by Gasteiger charge is 2.19. The number of nitrogens with zero attached hydrogens (tertiary/aromatic N) is 1. The molecule has 8 nitrogen and oxygen atoms in total. The van der Waals surface area contributed by atoms with Crippen molar-refractivity contribution in [2.24, 2.45) is 0 Å². The topological polar surface area (TPSA) is 97.1 Å². The average molecular weight is 393 g/mol. The van der Waals surface area contributed by atoms with Crippen LogP contribution in [0.15, 0.2) is 35.2 Å². The van der Waals surface area contributed by atoms with Crippen molar-refractivity contribution in [3.8, 4) is 17.2 Å². The summed E-state index contributed by atoms with van der Waals surface area (Å²) in [5.74, 6) is 0.628. The van der Waals surface area contributed by atoms with Gasteiger partial charge in [-0.05, 0) is 36.1 Å². The van der Waals surface area contributed by atoms with Gasteiger partial charge in [0.05, 0.1) is 36.7 Å². The summed E-state index contributed by atoms with van der Waals surface area (Å²) in [5, 5.41) is 11.1. The van der Waals surface area contributed by atoms with Crippen molar-refractivity contribution >= 4 is 23.4 Å². The fourth-order valence-corrected chi connectivity index (χ4v) is 2.96. The molecule has 0 aliphatic rings. The minimum Gasteiger partial charge on any atom is -0.493 e. The SMILES string of the molecule is COc1cc(COC(=O)c2ccc(SC)c([N+](=O)[O-])c2)cc(OC)c1OC. The van der Waals surface area contributed by atoms with Crippen LogP contribution in [0.3, 0.4) is 0 Å². The average Bonchev–Trinajstić information content (AvgIpc) is 2.70. The van der Waals surface area contributed by atoms with Gasteiger partial charge in [0, 0.05) is 6.07 Å². The van der Waals surface area contributed by atoms with Gasteiger partial charge in [0.1, 0.15) is 6.61 Å². The van der Waals surface area contributed by atoms with E-state index in [1.54, 1.807) is 18.4 Å². The van der Waals surface area contributed by atoms with Gasteiger partial charge in [-0.25, -0.2) is 4.79 Å². The van der Waals surface area contributed by atoms with Gasteiger partial charge in [-0.2, -0.15) is 0 Å². The lowest BCUT2D eigenvalue weighted by Crippen LogP contribution is -2.07. The zero-order valence-electron chi connectivity index (χ0n) is 15.3. The number of esters is 1. The number of rotatable bonds is 8. The highest BCUT2D eigenvalue weighted by molar-refractivity contribution is 7.98. The molecule has 0 aliphatic carbocycles. The molecule has 0 amide bonds. The fraction of sp³-hybridized carbons (Fsp3) is 0.278. The molecule has 2 aromatic rings. The summed E-state index contributed by atoms with van der Waals surface area (Å²) in [6.45, 7) is -0.0619. The van der Waals surface area contributed by atoms with E-state index in [0.717, 1.165) is 0 Å². The number of ether oxygens (including phenoxy) is 4. The van der Waals surface area contributed by atoms with Crippen LogP contribution in [0.2, 0.25) is 0 Å². The molecule has 0 aromatic heterocycles. The smallest absolute Gasteiger partial charge is 0.338 e. The Labute approximate surface area is 160 Å². The van der Waals surface area contributed by atoms with Crippen LogP contribution in [0.1, 0.15) is 15.9 Å². The van der Waals surface area contributed by atoms with Gasteiger partial charge in [-0.1, -0.05) is 0 Å². The maximum Gasteiger partial charge on any atom is 0.338 e. The van der Waals surface area contributed by atoms with Crippen molar-refractivity contribution in [1.82, 2.24) is 0 Å². The molecule has 0 aliphatic heterocycles. The molecular formula is C18H19NO7S. The van der Waals surface area contributed by atoms with Gasteiger partial charge in [-0.15, -0.1) is 11.8 Å². The van der Waals surface area contributed by atoms with E-state index in [9.17, 15) is 14.9 Å². The Hall–Kier alpha value is -2.94. The van der Waals surface area contributed by atoms with Crippen LogP contribution in [-0.2, 0) is 11.3 Å². The number of hydrogen-bond acceptors (Lipinski definition) is 8. The Kier molecular flexibility index (Phi) is 6.89. The van der Waals surface area contributed by atoms with Crippen LogP contribution in [-0.4, -0.2) is 38.5 Å². The van der Waals surface area contributed by atoms with E-state index in [1.165, 1.54) is 51.3 Å². The maximum atomic E-state index is 12.3. The molecule has 144 valence electrons. The minimum absolute atomic E-state index is 0.0619. The molecule has 9 heteroatoms. The lowest BCUT2D eigenvalue weighted by molar-refractivity contribution is -0.387. The quantitative estimate of drug-likeness (QED) is 0.290. The number of carbonyl (C=O) groups is 1. The van der Waals surface area contributed by atoms with Crippen molar-refractivity contribution in [3.05, 3.63) is 51.6 Å². The molecule has 0 atom stereocenters. The van der Waals surface area contributed by atoms with Crippen LogP contribution < -0.4 is 14.2 Å². The molecule has 0 spiro atoms. The van der Waals surface area contributed by atoms with E-state index in [4.69, 9.17) is 18.9 Å². The van der Waals surface area contributed by atoms with E-state index >= 15 is 0 Å². The van der Waals surface area contributed by atoms with Gasteiger partial charge in [0.25, 0.3) is 5.69 Å². The van der Waals surface area contributed by atoms with Crippen molar-refractivity contribution in [1.29, 1.82) is 0 Å². The molecule has 2 aromatic carbocycles. The third kappa shape index (κ3) is 4.62. The van der Waals surface area contributed by atoms with Crippen molar-refractivity contribution in [3.63, 3.8) is 0 Å². The summed E-state index contributed by atoms with van der Waals surface area (Å²) < 4.78 is 21.0. The zero-order valence-corrected chi connectivity index (χ0v) is 16.1. The van der Waals surface area contributed by atoms with E-state index in [2.05, 4.69) is 0 Å². The third-order valence-electron chi connectivity index (χ3n) is 3.71. The molecule has 27 heavy (non-hydrogen) atoms. The van der Waals surface area contributed by atoms with Crippen molar-refractivity contribution < 1.29 is 28.7 Å². The summed E-state index contributed by atoms with van der Waals surface area (Å²) in [4.78, 5) is 23.4. The summed E-state index contributed by atoms with van der Waals surface area (Å²) in [6, 6.07) is 7.56. The Morgan fingerprint density at radius 1 is 1.07 bits per heavy atom. The van der Waals surface area contributed by atoms with E-state index in [0.29, 0.717) is 27.7 Å². The molecule has 0 N–H and O–H groups in total. The van der Waals surface area contributed by atoms with Crippen molar-refractivity contribution in [2.45, 2.75) is 11.5 Å². The highest BCUT2D eigenvalue weighted by Crippen LogP contribution is 2.38. The number of thioether (sulfide) groups is 1. The van der Waals surface area contributed by atoms with Crippen LogP contribution in [0.25, 0.3) is 0 Å². The van der Waals surface area contributed by atoms with Gasteiger partial charge >= 0.3 is 5.97 Å². The van der Waals surface area contributed by atoms with E-state index in [-0.39, 0.29) is 17.9 Å². The Morgan fingerprint density at radius 2 is 1.70 bits per heavy atom. The first-order chi connectivity index (χ1) is 12.9. The van der Waals surface area contributed by atoms with Gasteiger partial charge in [0.2, 0.25) is 5.75 Å². The molecule has 0 fully saturated rings. The number of hydrogen-bond donors (Lipinski definition) is 0. The number of nitro groups is 1. The standard InChI is InChI=1S/C18H19NO7S/c1-23-14-7-11(8-15(24-2)17(14)25-3)10-26-18(20)12-5-6-16(27-4)13(9-12)19(21)22/h5-9H,10H2,1-4H3. The molecule has 0 saturated heterocycles. The van der Waals surface area contributed by atoms with Crippen LogP contribution >= 0.6 is 11.8 Å². The lowest BCUT2D eigenvalue weighted by atomic mass is 10.2. The first-order valence-corrected chi connectivity index (χ1v) is 8.96. The van der Waals surface area contributed by atoms with Crippen LogP contribution in [0, 0.1) is 10.1 Å². The first-order valence-electron chi connectivity index (χ1n) is 7.73. The third-order valence-corrected chi connectivity index (χ3v) is 4.49. The second-order valence-electron chi connectivity index (χ2n) is 5.25. The lowest BCUT2D eigenvalue weighted by Gasteiger charge is -2.14. The number of benzene rings is 2. The summed E-state index contributed by atoms with van der Waals surface area (Å²) >= 11 is 1.23. The van der Waals surface area contributed by atoms with Gasteiger partial charge in [0.15, 0.2) is 11.5 Å². The second kappa shape index (κ2) is 9.13. The largest absolute Gasteiger partial charge is 0.493 e. The normalized spacial score (nSPS) is 10.2. The summed E-state index contributed by atoms with van der Waals surface area (Å²) in [6.07, 6.45) is 1.73. The number of nitro benzene ring substituents is 1. The van der Waals surface area contributed by atoms with E-state index in [1.807, 2.05) is 0 Å². The summed E-state index contributed by atoms with van der Waals surface area (Å²) in [5.41, 5.74) is 0.588. The predicted octanol–water partition coefficient (Wildman–Crippen LogP) is 3.70. The molecule has 2 rings (SSSR count). The first kappa shape index (κ1) is 20.4. The highest BCUT2D eigenvalue weighted by atomic mass is 32.2. The number of methoxy groups -OCH3 is 3. The van der Waals surface area contributed by atoms with Crippen LogP contribution in [0.5, 0.6) is 17.2 Å². The maximum absolute atomic E-state index is 12.3. The summed E-state index contributed by atoms with van der Waals surface area (Å²) in [7, 11) is 4.46. The minimum atomic E-state index is -0.667. The monoisotopic (exact) mass is 393 g/mol. The van der Waals surface area contributed by atoms with Crippen LogP contribution in [0.4, 0.5) is 5.69 Å².